The topological polar surface area (TPSA) is 30.5 Å². The molecule has 2 aliphatic heterocycles. The molecule has 2 rings (SSSR count). The van der Waals surface area contributed by atoms with E-state index in [4.69, 9.17) is 9.47 Å². The van der Waals surface area contributed by atoms with Crippen LogP contribution in [0.4, 0.5) is 0 Å². The van der Waals surface area contributed by atoms with Gasteiger partial charge in [-0.2, -0.15) is 0 Å². The van der Waals surface area contributed by atoms with Gasteiger partial charge < -0.3 is 14.8 Å². The van der Waals surface area contributed by atoms with E-state index in [-0.39, 0.29) is 0 Å². The van der Waals surface area contributed by atoms with Crippen LogP contribution in [-0.2, 0) is 9.47 Å². The molecule has 0 amide bonds. The highest BCUT2D eigenvalue weighted by Gasteiger charge is 2.24. The van der Waals surface area contributed by atoms with E-state index in [1.54, 1.807) is 0 Å². The highest BCUT2D eigenvalue weighted by molar-refractivity contribution is 4.85. The molecule has 3 atom stereocenters. The largest absolute Gasteiger partial charge is 0.497 e. The number of nitrogens with one attached hydrogen (secondary N) is 1. The average Bonchev–Trinajstić information content (AvgIpc) is 2.63. The third kappa shape index (κ3) is 2.49. The highest BCUT2D eigenvalue weighted by atomic mass is 16.5. The first kappa shape index (κ1) is 9.99. The van der Waals surface area contributed by atoms with Crippen LogP contribution in [0.15, 0.2) is 12.3 Å². The zero-order valence-corrected chi connectivity index (χ0v) is 8.74. The zero-order valence-electron chi connectivity index (χ0n) is 8.74. The van der Waals surface area contributed by atoms with Crippen LogP contribution in [0.1, 0.15) is 26.2 Å². The van der Waals surface area contributed by atoms with Gasteiger partial charge in [0.1, 0.15) is 6.10 Å². The van der Waals surface area contributed by atoms with Crippen molar-refractivity contribution in [1.82, 2.24) is 5.32 Å². The van der Waals surface area contributed by atoms with Crippen LogP contribution in [0.3, 0.4) is 0 Å². The van der Waals surface area contributed by atoms with Crippen LogP contribution in [0.5, 0.6) is 0 Å². The van der Waals surface area contributed by atoms with E-state index in [0.29, 0.717) is 18.2 Å². The molecule has 0 spiro atoms. The molecule has 1 fully saturated rings. The van der Waals surface area contributed by atoms with Gasteiger partial charge in [0.15, 0.2) is 0 Å². The van der Waals surface area contributed by atoms with Crippen molar-refractivity contribution < 1.29 is 9.47 Å². The van der Waals surface area contributed by atoms with Gasteiger partial charge in [0.2, 0.25) is 0 Å². The number of allylic oxidation sites excluding steroid dienone is 1. The van der Waals surface area contributed by atoms with Crippen molar-refractivity contribution in [3.8, 4) is 0 Å². The predicted molar refractivity (Wildman–Crippen MR) is 55.1 cm³/mol. The lowest BCUT2D eigenvalue weighted by molar-refractivity contribution is 0.0969. The van der Waals surface area contributed by atoms with Gasteiger partial charge in [-0.15, -0.1) is 0 Å². The molecule has 2 aliphatic rings. The molecule has 14 heavy (non-hydrogen) atoms. The zero-order chi connectivity index (χ0) is 9.80. The monoisotopic (exact) mass is 197 g/mol. The first-order valence-corrected chi connectivity index (χ1v) is 5.52. The Hall–Kier alpha value is -0.540. The number of rotatable bonds is 3. The van der Waals surface area contributed by atoms with Crippen LogP contribution < -0.4 is 5.32 Å². The molecule has 1 N–H and O–H groups in total. The van der Waals surface area contributed by atoms with Crippen molar-refractivity contribution in [1.29, 1.82) is 0 Å². The van der Waals surface area contributed by atoms with E-state index in [0.717, 1.165) is 32.4 Å². The molecule has 3 nitrogen and oxygen atoms in total. The molecular weight excluding hydrogens is 178 g/mol. The first-order valence-electron chi connectivity index (χ1n) is 5.52. The molecular formula is C11H19NO2. The minimum atomic E-state index is 0.354. The van der Waals surface area contributed by atoms with Crippen molar-refractivity contribution >= 4 is 0 Å². The SMILES string of the molecule is CC1OCCC1NCC1CCC=CO1. The Morgan fingerprint density at radius 2 is 2.36 bits per heavy atom. The van der Waals surface area contributed by atoms with Gasteiger partial charge in [-0.05, 0) is 32.3 Å². The molecule has 2 heterocycles. The Kier molecular flexibility index (Phi) is 3.43. The van der Waals surface area contributed by atoms with E-state index in [1.807, 2.05) is 6.26 Å². The van der Waals surface area contributed by atoms with E-state index in [9.17, 15) is 0 Å². The van der Waals surface area contributed by atoms with Crippen LogP contribution in [0.2, 0.25) is 0 Å². The van der Waals surface area contributed by atoms with E-state index in [2.05, 4.69) is 18.3 Å². The van der Waals surface area contributed by atoms with Gasteiger partial charge in [0.05, 0.1) is 12.4 Å². The standard InChI is InChI=1S/C11H19NO2/c1-9-11(5-7-13-9)12-8-10-4-2-3-6-14-10/h3,6,9-12H,2,4-5,7-8H2,1H3. The molecule has 3 unspecified atom stereocenters. The summed E-state index contributed by atoms with van der Waals surface area (Å²) in [5.74, 6) is 0. The summed E-state index contributed by atoms with van der Waals surface area (Å²) < 4.78 is 11.0. The Balaban J connectivity index is 1.68. The summed E-state index contributed by atoms with van der Waals surface area (Å²) in [6, 6.07) is 0.518. The lowest BCUT2D eigenvalue weighted by Crippen LogP contribution is -2.40. The van der Waals surface area contributed by atoms with Gasteiger partial charge in [-0.25, -0.2) is 0 Å². The normalized spacial score (nSPS) is 37.1. The third-order valence-corrected chi connectivity index (χ3v) is 3.01. The third-order valence-electron chi connectivity index (χ3n) is 3.01. The van der Waals surface area contributed by atoms with Crippen molar-refractivity contribution in [2.75, 3.05) is 13.2 Å². The first-order chi connectivity index (χ1) is 6.86. The summed E-state index contributed by atoms with van der Waals surface area (Å²) in [6.07, 6.45) is 8.02. The van der Waals surface area contributed by atoms with Gasteiger partial charge in [-0.1, -0.05) is 0 Å². The molecule has 0 bridgehead atoms. The minimum absolute atomic E-state index is 0.354. The average molecular weight is 197 g/mol. The summed E-state index contributed by atoms with van der Waals surface area (Å²) in [4.78, 5) is 0. The molecule has 80 valence electrons. The molecule has 3 heteroatoms. The number of ether oxygens (including phenoxy) is 2. The fraction of sp³-hybridized carbons (Fsp3) is 0.818. The summed E-state index contributed by atoms with van der Waals surface area (Å²) in [5.41, 5.74) is 0. The van der Waals surface area contributed by atoms with Gasteiger partial charge in [0.25, 0.3) is 0 Å². The molecule has 0 saturated carbocycles. The van der Waals surface area contributed by atoms with Crippen LogP contribution in [0, 0.1) is 0 Å². The van der Waals surface area contributed by atoms with Crippen molar-refractivity contribution in [2.45, 2.75) is 44.4 Å². The number of hydrogen-bond acceptors (Lipinski definition) is 3. The second kappa shape index (κ2) is 4.80. The highest BCUT2D eigenvalue weighted by Crippen LogP contribution is 2.14. The second-order valence-corrected chi connectivity index (χ2v) is 4.09. The fourth-order valence-corrected chi connectivity index (χ4v) is 2.02. The molecule has 0 aliphatic carbocycles. The van der Waals surface area contributed by atoms with E-state index < -0.39 is 0 Å². The lowest BCUT2D eigenvalue weighted by atomic mass is 10.1. The summed E-state index contributed by atoms with van der Waals surface area (Å²) in [7, 11) is 0. The molecule has 0 aromatic carbocycles. The summed E-state index contributed by atoms with van der Waals surface area (Å²) in [5, 5.41) is 3.52. The Morgan fingerprint density at radius 1 is 1.43 bits per heavy atom. The lowest BCUT2D eigenvalue weighted by Gasteiger charge is -2.23. The molecule has 0 aromatic rings. The van der Waals surface area contributed by atoms with Crippen molar-refractivity contribution in [2.24, 2.45) is 0 Å². The van der Waals surface area contributed by atoms with Crippen LogP contribution in [-0.4, -0.2) is 31.4 Å². The van der Waals surface area contributed by atoms with Gasteiger partial charge in [0, 0.05) is 19.2 Å². The minimum Gasteiger partial charge on any atom is -0.497 e. The molecule has 0 aromatic heterocycles. The fourth-order valence-electron chi connectivity index (χ4n) is 2.02. The Labute approximate surface area is 85.5 Å². The van der Waals surface area contributed by atoms with Gasteiger partial charge >= 0.3 is 0 Å². The predicted octanol–water partition coefficient (Wildman–Crippen LogP) is 1.45. The molecule has 0 radical (unpaired) electrons. The van der Waals surface area contributed by atoms with Crippen LogP contribution >= 0.6 is 0 Å². The Bertz CT molecular complexity index is 205. The van der Waals surface area contributed by atoms with Crippen molar-refractivity contribution in [3.63, 3.8) is 0 Å². The molecule has 1 saturated heterocycles. The maximum atomic E-state index is 5.49. The summed E-state index contributed by atoms with van der Waals surface area (Å²) >= 11 is 0. The Morgan fingerprint density at radius 3 is 3.00 bits per heavy atom. The van der Waals surface area contributed by atoms with E-state index in [1.165, 1.54) is 0 Å². The smallest absolute Gasteiger partial charge is 0.110 e. The quantitative estimate of drug-likeness (QED) is 0.742. The maximum absolute atomic E-state index is 5.49. The second-order valence-electron chi connectivity index (χ2n) is 4.09. The number of hydrogen-bond donors (Lipinski definition) is 1. The van der Waals surface area contributed by atoms with Crippen LogP contribution in [0.25, 0.3) is 0 Å². The van der Waals surface area contributed by atoms with Gasteiger partial charge in [-0.3, -0.25) is 0 Å². The summed E-state index contributed by atoms with van der Waals surface area (Å²) in [6.45, 7) is 3.97. The van der Waals surface area contributed by atoms with E-state index >= 15 is 0 Å². The maximum Gasteiger partial charge on any atom is 0.110 e. The van der Waals surface area contributed by atoms with Crippen molar-refractivity contribution in [3.05, 3.63) is 12.3 Å².